The van der Waals surface area contributed by atoms with Crippen molar-refractivity contribution in [2.24, 2.45) is 0 Å². The Morgan fingerprint density at radius 1 is 1.35 bits per heavy atom. The quantitative estimate of drug-likeness (QED) is 0.774. The molecule has 0 fully saturated rings. The molecule has 0 aromatic heterocycles. The zero-order valence-corrected chi connectivity index (χ0v) is 11.6. The van der Waals surface area contributed by atoms with Gasteiger partial charge in [-0.25, -0.2) is 0 Å². The third-order valence-electron chi connectivity index (χ3n) is 2.97. The van der Waals surface area contributed by atoms with Gasteiger partial charge in [-0.05, 0) is 37.4 Å². The Morgan fingerprint density at radius 3 is 2.47 bits per heavy atom. The fourth-order valence-corrected chi connectivity index (χ4v) is 2.73. The third kappa shape index (κ3) is 4.41. The minimum absolute atomic E-state index is 0.626. The van der Waals surface area contributed by atoms with Crippen LogP contribution in [0.4, 0.5) is 0 Å². The van der Waals surface area contributed by atoms with Crippen molar-refractivity contribution in [1.29, 1.82) is 5.26 Å². The Labute approximate surface area is 109 Å². The van der Waals surface area contributed by atoms with Gasteiger partial charge < -0.3 is 0 Å². The lowest BCUT2D eigenvalue weighted by Crippen LogP contribution is -2.32. The normalized spacial score (nSPS) is 12.4. The SMILES string of the molecule is CCC(CSC)N(C)Cc1ccc(C#N)cc1. The first kappa shape index (κ1) is 14.1. The second-order valence-electron chi connectivity index (χ2n) is 4.24. The summed E-state index contributed by atoms with van der Waals surface area (Å²) in [5, 5.41) is 8.74. The van der Waals surface area contributed by atoms with E-state index in [1.807, 2.05) is 36.0 Å². The molecule has 92 valence electrons. The summed E-state index contributed by atoms with van der Waals surface area (Å²) >= 11 is 1.89. The molecule has 0 bridgehead atoms. The molecule has 0 amide bonds. The van der Waals surface area contributed by atoms with Gasteiger partial charge in [-0.2, -0.15) is 17.0 Å². The molecular weight excluding hydrogens is 228 g/mol. The Morgan fingerprint density at radius 2 is 2.00 bits per heavy atom. The van der Waals surface area contributed by atoms with Crippen molar-refractivity contribution in [3.05, 3.63) is 35.4 Å². The third-order valence-corrected chi connectivity index (χ3v) is 3.69. The summed E-state index contributed by atoms with van der Waals surface area (Å²) in [6.45, 7) is 3.18. The van der Waals surface area contributed by atoms with Gasteiger partial charge in [-0.15, -0.1) is 0 Å². The van der Waals surface area contributed by atoms with Gasteiger partial charge in [0.1, 0.15) is 0 Å². The summed E-state index contributed by atoms with van der Waals surface area (Å²) in [6.07, 6.45) is 3.33. The summed E-state index contributed by atoms with van der Waals surface area (Å²) in [7, 11) is 2.17. The van der Waals surface area contributed by atoms with E-state index in [-0.39, 0.29) is 0 Å². The first-order valence-corrected chi connectivity index (χ1v) is 7.28. The molecule has 1 aromatic carbocycles. The molecule has 1 atom stereocenters. The lowest BCUT2D eigenvalue weighted by Gasteiger charge is -2.26. The van der Waals surface area contributed by atoms with Crippen LogP contribution in [0.15, 0.2) is 24.3 Å². The van der Waals surface area contributed by atoms with E-state index in [1.54, 1.807) is 0 Å². The molecule has 1 rings (SSSR count). The smallest absolute Gasteiger partial charge is 0.0991 e. The van der Waals surface area contributed by atoms with Gasteiger partial charge in [0, 0.05) is 18.3 Å². The van der Waals surface area contributed by atoms with Crippen LogP contribution in [0.2, 0.25) is 0 Å². The molecule has 0 aliphatic heterocycles. The van der Waals surface area contributed by atoms with Crippen LogP contribution in [-0.2, 0) is 6.54 Å². The van der Waals surface area contributed by atoms with E-state index in [1.165, 1.54) is 17.7 Å². The van der Waals surface area contributed by atoms with Crippen LogP contribution in [0.25, 0.3) is 0 Å². The molecular formula is C14H20N2S. The maximum atomic E-state index is 8.74. The van der Waals surface area contributed by atoms with Crippen molar-refractivity contribution < 1.29 is 0 Å². The van der Waals surface area contributed by atoms with Gasteiger partial charge in [-0.3, -0.25) is 4.90 Å². The van der Waals surface area contributed by atoms with E-state index in [2.05, 4.69) is 31.2 Å². The summed E-state index contributed by atoms with van der Waals surface area (Å²) < 4.78 is 0. The molecule has 0 radical (unpaired) electrons. The first-order valence-electron chi connectivity index (χ1n) is 5.89. The molecule has 1 aromatic rings. The molecule has 3 heteroatoms. The highest BCUT2D eigenvalue weighted by Gasteiger charge is 2.11. The average Bonchev–Trinajstić information content (AvgIpc) is 2.36. The second-order valence-corrected chi connectivity index (χ2v) is 5.15. The van der Waals surface area contributed by atoms with Crippen LogP contribution < -0.4 is 0 Å². The van der Waals surface area contributed by atoms with Gasteiger partial charge >= 0.3 is 0 Å². The maximum Gasteiger partial charge on any atom is 0.0991 e. The lowest BCUT2D eigenvalue weighted by atomic mass is 10.1. The van der Waals surface area contributed by atoms with Gasteiger partial charge in [0.2, 0.25) is 0 Å². The van der Waals surface area contributed by atoms with Crippen molar-refractivity contribution >= 4 is 11.8 Å². The summed E-state index contributed by atoms with van der Waals surface area (Å²) in [6, 6.07) is 10.6. The van der Waals surface area contributed by atoms with Crippen LogP contribution in [0.5, 0.6) is 0 Å². The van der Waals surface area contributed by atoms with Gasteiger partial charge in [0.05, 0.1) is 11.6 Å². The van der Waals surface area contributed by atoms with Crippen LogP contribution in [-0.4, -0.2) is 30.0 Å². The molecule has 0 N–H and O–H groups in total. The zero-order valence-electron chi connectivity index (χ0n) is 10.8. The summed E-state index contributed by atoms with van der Waals surface area (Å²) in [5.74, 6) is 1.17. The number of rotatable bonds is 6. The standard InChI is InChI=1S/C14H20N2S/c1-4-14(11-17-3)16(2)10-13-7-5-12(9-15)6-8-13/h5-8,14H,4,10-11H2,1-3H3. The monoisotopic (exact) mass is 248 g/mol. The van der Waals surface area contributed by atoms with E-state index >= 15 is 0 Å². The second kappa shape index (κ2) is 7.37. The van der Waals surface area contributed by atoms with Crippen LogP contribution in [0.1, 0.15) is 24.5 Å². The Kier molecular flexibility index (Phi) is 6.10. The maximum absolute atomic E-state index is 8.74. The first-order chi connectivity index (χ1) is 8.21. The van der Waals surface area contributed by atoms with E-state index in [4.69, 9.17) is 5.26 Å². The lowest BCUT2D eigenvalue weighted by molar-refractivity contribution is 0.248. The van der Waals surface area contributed by atoms with Crippen LogP contribution in [0, 0.1) is 11.3 Å². The highest BCUT2D eigenvalue weighted by Crippen LogP contribution is 2.12. The van der Waals surface area contributed by atoms with Crippen LogP contribution >= 0.6 is 11.8 Å². The minimum Gasteiger partial charge on any atom is -0.298 e. The number of nitrogens with zero attached hydrogens (tertiary/aromatic N) is 2. The van der Waals surface area contributed by atoms with Crippen molar-refractivity contribution in [2.75, 3.05) is 19.1 Å². The number of benzene rings is 1. The fraction of sp³-hybridized carbons (Fsp3) is 0.500. The molecule has 17 heavy (non-hydrogen) atoms. The minimum atomic E-state index is 0.626. The van der Waals surface area contributed by atoms with E-state index in [0.717, 1.165) is 12.1 Å². The van der Waals surface area contributed by atoms with Gasteiger partial charge in [0.25, 0.3) is 0 Å². The molecule has 2 nitrogen and oxygen atoms in total. The highest BCUT2D eigenvalue weighted by molar-refractivity contribution is 7.98. The van der Waals surface area contributed by atoms with Crippen molar-refractivity contribution in [2.45, 2.75) is 25.9 Å². The molecule has 0 heterocycles. The Bertz CT molecular complexity index is 367. The van der Waals surface area contributed by atoms with Crippen molar-refractivity contribution in [1.82, 2.24) is 4.90 Å². The molecule has 0 saturated heterocycles. The van der Waals surface area contributed by atoms with Gasteiger partial charge in [0.15, 0.2) is 0 Å². The summed E-state index contributed by atoms with van der Waals surface area (Å²) in [5.41, 5.74) is 2.00. The summed E-state index contributed by atoms with van der Waals surface area (Å²) in [4.78, 5) is 2.39. The van der Waals surface area contributed by atoms with Crippen molar-refractivity contribution in [3.63, 3.8) is 0 Å². The zero-order chi connectivity index (χ0) is 12.7. The van der Waals surface area contributed by atoms with E-state index in [9.17, 15) is 0 Å². The topological polar surface area (TPSA) is 27.0 Å². The van der Waals surface area contributed by atoms with Crippen LogP contribution in [0.3, 0.4) is 0 Å². The molecule has 1 unspecified atom stereocenters. The average molecular weight is 248 g/mol. The number of hydrogen-bond donors (Lipinski definition) is 0. The number of thioether (sulfide) groups is 1. The molecule has 0 aliphatic carbocycles. The highest BCUT2D eigenvalue weighted by atomic mass is 32.2. The number of nitriles is 1. The fourth-order valence-electron chi connectivity index (χ4n) is 1.85. The van der Waals surface area contributed by atoms with Crippen molar-refractivity contribution in [3.8, 4) is 6.07 Å². The predicted molar refractivity (Wildman–Crippen MR) is 75.1 cm³/mol. The number of hydrogen-bond acceptors (Lipinski definition) is 3. The van der Waals surface area contributed by atoms with E-state index in [0.29, 0.717) is 6.04 Å². The molecule has 0 saturated carbocycles. The Balaban J connectivity index is 2.60. The predicted octanol–water partition coefficient (Wildman–Crippen LogP) is 3.13. The van der Waals surface area contributed by atoms with E-state index < -0.39 is 0 Å². The molecule has 0 spiro atoms. The molecule has 0 aliphatic rings. The van der Waals surface area contributed by atoms with Gasteiger partial charge in [-0.1, -0.05) is 19.1 Å². The largest absolute Gasteiger partial charge is 0.298 e. The Hall–Kier alpha value is -0.980.